The van der Waals surface area contributed by atoms with Crippen LogP contribution in [0.15, 0.2) is 58.6 Å². The number of anilines is 2. The number of hydrogen-bond acceptors (Lipinski definition) is 7. The van der Waals surface area contributed by atoms with Crippen molar-refractivity contribution in [1.82, 2.24) is 14.8 Å². The number of thioether (sulfide) groups is 2. The highest BCUT2D eigenvalue weighted by atomic mass is 32.2. The molecule has 0 bridgehead atoms. The van der Waals surface area contributed by atoms with Crippen molar-refractivity contribution >= 4 is 41.1 Å². The molecule has 7 nitrogen and oxygen atoms in total. The fraction of sp³-hybridized carbons (Fsp3) is 0.400. The number of carbonyl (C=O) groups is 1. The number of hydrogen-bond donors (Lipinski definition) is 0. The van der Waals surface area contributed by atoms with Crippen LogP contribution in [0.5, 0.6) is 0 Å². The summed E-state index contributed by atoms with van der Waals surface area (Å²) in [6.07, 6.45) is 0.969. The maximum Gasteiger partial charge on any atom is 0.237 e. The third-order valence-electron chi connectivity index (χ3n) is 6.14. The molecule has 0 saturated carbocycles. The standard InChI is InChI=1S/C25H29N5O2S2/c1-18-7-3-4-8-20(18)30-24(28-13-15-32-16-14-28)26-27-25(30)33-17-23(31)29-12-11-19(2)34-22-10-6-5-9-21(22)29/h3-10,19H,11-17H2,1-2H3/t19-/m1/s1. The zero-order valence-electron chi connectivity index (χ0n) is 19.5. The number of rotatable bonds is 5. The van der Waals surface area contributed by atoms with Crippen molar-refractivity contribution in [2.24, 2.45) is 0 Å². The Balaban J connectivity index is 1.41. The maximum atomic E-state index is 13.4. The van der Waals surface area contributed by atoms with Gasteiger partial charge in [0.05, 0.1) is 30.3 Å². The number of nitrogens with zero attached hydrogens (tertiary/aromatic N) is 5. The average Bonchev–Trinajstić information content (AvgIpc) is 3.20. The summed E-state index contributed by atoms with van der Waals surface area (Å²) in [5.41, 5.74) is 3.18. The molecule has 3 heterocycles. The Morgan fingerprint density at radius 3 is 2.59 bits per heavy atom. The van der Waals surface area contributed by atoms with E-state index in [0.29, 0.717) is 24.2 Å². The summed E-state index contributed by atoms with van der Waals surface area (Å²) in [6.45, 7) is 7.93. The van der Waals surface area contributed by atoms with E-state index in [1.165, 1.54) is 16.7 Å². The van der Waals surface area contributed by atoms with Gasteiger partial charge in [0.25, 0.3) is 0 Å². The van der Waals surface area contributed by atoms with Crippen molar-refractivity contribution in [3.05, 3.63) is 54.1 Å². The van der Waals surface area contributed by atoms with E-state index < -0.39 is 0 Å². The highest BCUT2D eigenvalue weighted by Gasteiger charge is 2.26. The number of aromatic nitrogens is 3. The molecule has 0 radical (unpaired) electrons. The second-order valence-electron chi connectivity index (χ2n) is 8.52. The zero-order chi connectivity index (χ0) is 23.5. The smallest absolute Gasteiger partial charge is 0.237 e. The molecule has 178 valence electrons. The molecule has 2 aliphatic rings. The molecule has 0 N–H and O–H groups in total. The first-order chi connectivity index (χ1) is 16.6. The second kappa shape index (κ2) is 10.4. The first-order valence-corrected chi connectivity index (χ1v) is 13.5. The van der Waals surface area contributed by atoms with E-state index in [1.54, 1.807) is 0 Å². The summed E-state index contributed by atoms with van der Waals surface area (Å²) in [6, 6.07) is 16.4. The number of morpholine rings is 1. The van der Waals surface area contributed by atoms with E-state index in [4.69, 9.17) is 4.74 Å². The fourth-order valence-corrected chi connectivity index (χ4v) is 6.23. The molecule has 0 spiro atoms. The van der Waals surface area contributed by atoms with E-state index in [-0.39, 0.29) is 5.91 Å². The van der Waals surface area contributed by atoms with Gasteiger partial charge in [0.1, 0.15) is 0 Å². The first kappa shape index (κ1) is 23.3. The average molecular weight is 496 g/mol. The molecule has 9 heteroatoms. The zero-order valence-corrected chi connectivity index (χ0v) is 21.1. The van der Waals surface area contributed by atoms with Crippen LogP contribution in [0.2, 0.25) is 0 Å². The molecule has 2 aromatic carbocycles. The van der Waals surface area contributed by atoms with Crippen molar-refractivity contribution in [2.75, 3.05) is 48.4 Å². The SMILES string of the molecule is Cc1ccccc1-n1c(SCC(=O)N2CC[C@@H](C)Sc3ccccc32)nnc1N1CCOCC1. The number of ether oxygens (including phenoxy) is 1. The Labute approximate surface area is 208 Å². The lowest BCUT2D eigenvalue weighted by atomic mass is 10.2. The first-order valence-electron chi connectivity index (χ1n) is 11.6. The predicted octanol–water partition coefficient (Wildman–Crippen LogP) is 4.42. The van der Waals surface area contributed by atoms with Crippen LogP contribution < -0.4 is 9.80 Å². The minimum atomic E-state index is 0.0967. The molecule has 0 unspecified atom stereocenters. The molecular weight excluding hydrogens is 466 g/mol. The second-order valence-corrected chi connectivity index (χ2v) is 10.9. The third-order valence-corrected chi connectivity index (χ3v) is 8.29. The van der Waals surface area contributed by atoms with Crippen LogP contribution in [-0.4, -0.2) is 64.5 Å². The van der Waals surface area contributed by atoms with Gasteiger partial charge in [-0.25, -0.2) is 0 Å². The highest BCUT2D eigenvalue weighted by molar-refractivity contribution is 8.00. The number of amides is 1. The van der Waals surface area contributed by atoms with Crippen molar-refractivity contribution in [2.45, 2.75) is 35.6 Å². The molecule has 3 aromatic rings. The Kier molecular flexibility index (Phi) is 7.12. The minimum absolute atomic E-state index is 0.0967. The van der Waals surface area contributed by atoms with Gasteiger partial charge < -0.3 is 14.5 Å². The largest absolute Gasteiger partial charge is 0.378 e. The van der Waals surface area contributed by atoms with Gasteiger partial charge in [0, 0.05) is 29.8 Å². The van der Waals surface area contributed by atoms with E-state index >= 15 is 0 Å². The van der Waals surface area contributed by atoms with Crippen LogP contribution in [0.25, 0.3) is 5.69 Å². The summed E-state index contributed by atoms with van der Waals surface area (Å²) in [7, 11) is 0. The normalized spacial score (nSPS) is 18.5. The van der Waals surface area contributed by atoms with Gasteiger partial charge in [-0.15, -0.1) is 22.0 Å². The van der Waals surface area contributed by atoms with Gasteiger partial charge in [-0.05, 0) is 37.1 Å². The van der Waals surface area contributed by atoms with Crippen molar-refractivity contribution in [3.8, 4) is 5.69 Å². The van der Waals surface area contributed by atoms with Crippen molar-refractivity contribution in [3.63, 3.8) is 0 Å². The summed E-state index contributed by atoms with van der Waals surface area (Å²) in [4.78, 5) is 18.7. The summed E-state index contributed by atoms with van der Waals surface area (Å²) < 4.78 is 7.62. The lowest BCUT2D eigenvalue weighted by Gasteiger charge is -2.28. The van der Waals surface area contributed by atoms with E-state index in [1.807, 2.05) is 40.9 Å². The van der Waals surface area contributed by atoms with Crippen LogP contribution in [0, 0.1) is 6.92 Å². The summed E-state index contributed by atoms with van der Waals surface area (Å²) >= 11 is 3.30. The van der Waals surface area contributed by atoms with Crippen molar-refractivity contribution in [1.29, 1.82) is 0 Å². The van der Waals surface area contributed by atoms with Crippen LogP contribution >= 0.6 is 23.5 Å². The van der Waals surface area contributed by atoms with E-state index in [0.717, 1.165) is 54.1 Å². The van der Waals surface area contributed by atoms with Gasteiger partial charge in [-0.1, -0.05) is 49.0 Å². The number of para-hydroxylation sites is 2. The quantitative estimate of drug-likeness (QED) is 0.486. The molecule has 1 saturated heterocycles. The molecule has 34 heavy (non-hydrogen) atoms. The molecule has 5 rings (SSSR count). The van der Waals surface area contributed by atoms with Crippen LogP contribution in [0.3, 0.4) is 0 Å². The number of fused-ring (bicyclic) bond motifs is 1. The monoisotopic (exact) mass is 495 g/mol. The topological polar surface area (TPSA) is 63.5 Å². The number of benzene rings is 2. The Morgan fingerprint density at radius 2 is 1.79 bits per heavy atom. The van der Waals surface area contributed by atoms with E-state index in [2.05, 4.69) is 57.8 Å². The lowest BCUT2D eigenvalue weighted by molar-refractivity contribution is -0.116. The van der Waals surface area contributed by atoms with Gasteiger partial charge in [-0.3, -0.25) is 9.36 Å². The Hall–Kier alpha value is -2.49. The Bertz CT molecular complexity index is 1160. The van der Waals surface area contributed by atoms with Crippen LogP contribution in [0.4, 0.5) is 11.6 Å². The molecular formula is C25H29N5O2S2. The maximum absolute atomic E-state index is 13.4. The van der Waals surface area contributed by atoms with Gasteiger partial charge in [0.15, 0.2) is 5.16 Å². The fourth-order valence-electron chi connectivity index (χ4n) is 4.30. The Morgan fingerprint density at radius 1 is 1.06 bits per heavy atom. The number of carbonyl (C=O) groups excluding carboxylic acids is 1. The van der Waals surface area contributed by atoms with Gasteiger partial charge in [-0.2, -0.15) is 0 Å². The predicted molar refractivity (Wildman–Crippen MR) is 139 cm³/mol. The summed E-state index contributed by atoms with van der Waals surface area (Å²) in [5.74, 6) is 1.21. The lowest BCUT2D eigenvalue weighted by Crippen LogP contribution is -2.38. The number of aryl methyl sites for hydroxylation is 1. The van der Waals surface area contributed by atoms with Crippen LogP contribution in [0.1, 0.15) is 18.9 Å². The minimum Gasteiger partial charge on any atom is -0.378 e. The van der Waals surface area contributed by atoms with Gasteiger partial charge in [0.2, 0.25) is 11.9 Å². The highest BCUT2D eigenvalue weighted by Crippen LogP contribution is 2.38. The molecule has 1 fully saturated rings. The van der Waals surface area contributed by atoms with Crippen molar-refractivity contribution < 1.29 is 9.53 Å². The molecule has 2 aliphatic heterocycles. The van der Waals surface area contributed by atoms with Crippen LogP contribution in [-0.2, 0) is 9.53 Å². The molecule has 1 atom stereocenters. The summed E-state index contributed by atoms with van der Waals surface area (Å²) in [5, 5.41) is 10.3. The molecule has 1 amide bonds. The molecule has 0 aliphatic carbocycles. The molecule has 1 aromatic heterocycles. The van der Waals surface area contributed by atoms with Gasteiger partial charge >= 0.3 is 0 Å². The third kappa shape index (κ3) is 4.82. The van der Waals surface area contributed by atoms with E-state index in [9.17, 15) is 4.79 Å².